The second-order valence-corrected chi connectivity index (χ2v) is 5.87. The lowest BCUT2D eigenvalue weighted by Gasteiger charge is -2.33. The van der Waals surface area contributed by atoms with Crippen LogP contribution in [-0.4, -0.2) is 40.3 Å². The van der Waals surface area contributed by atoms with Gasteiger partial charge in [0.05, 0.1) is 18.2 Å². The molecule has 5 nitrogen and oxygen atoms in total. The van der Waals surface area contributed by atoms with Crippen LogP contribution in [0.1, 0.15) is 26.2 Å². The Bertz CT molecular complexity index is 443. The molecule has 0 aromatic carbocycles. The zero-order valence-corrected chi connectivity index (χ0v) is 11.9. The van der Waals surface area contributed by atoms with E-state index in [1.54, 1.807) is 6.92 Å². The van der Waals surface area contributed by atoms with Crippen molar-refractivity contribution in [3.63, 3.8) is 0 Å². The first-order chi connectivity index (χ1) is 9.29. The Kier molecular flexibility index (Phi) is 3.78. The van der Waals surface area contributed by atoms with E-state index in [0.717, 1.165) is 43.3 Å². The van der Waals surface area contributed by atoms with Crippen LogP contribution >= 0.6 is 12.1 Å². The zero-order chi connectivity index (χ0) is 13.2. The summed E-state index contributed by atoms with van der Waals surface area (Å²) in [5.41, 5.74) is 0.850. The molecule has 3 rings (SSSR count). The maximum atomic E-state index is 10.0. The number of hydroxylamine groups is 1. The number of nitrogens with zero attached hydrogens (tertiary/aromatic N) is 2. The fourth-order valence-corrected chi connectivity index (χ4v) is 3.74. The van der Waals surface area contributed by atoms with Gasteiger partial charge in [0.15, 0.2) is 6.61 Å². The predicted molar refractivity (Wildman–Crippen MR) is 73.5 cm³/mol. The van der Waals surface area contributed by atoms with Crippen LogP contribution in [0.3, 0.4) is 0 Å². The number of piperidine rings is 1. The highest BCUT2D eigenvalue weighted by molar-refractivity contribution is 7.95. The fourth-order valence-electron chi connectivity index (χ4n) is 3.10. The van der Waals surface area contributed by atoms with Crippen molar-refractivity contribution >= 4 is 12.1 Å². The summed E-state index contributed by atoms with van der Waals surface area (Å²) in [6.45, 7) is 4.42. The third-order valence-electron chi connectivity index (χ3n) is 4.05. The molecule has 0 aromatic rings. The van der Waals surface area contributed by atoms with Crippen LogP contribution in [0.5, 0.6) is 0 Å². The lowest BCUT2D eigenvalue weighted by Crippen LogP contribution is -2.41. The van der Waals surface area contributed by atoms with Crippen molar-refractivity contribution in [2.75, 3.05) is 19.7 Å². The SMILES string of the molecule is CC#CCOC1=C(C2CCC3CCN2C3)N(O)SN1. The summed E-state index contributed by atoms with van der Waals surface area (Å²) in [7, 11) is 0. The van der Waals surface area contributed by atoms with Gasteiger partial charge in [0.25, 0.3) is 0 Å². The highest BCUT2D eigenvalue weighted by Crippen LogP contribution is 2.38. The minimum atomic E-state index is 0.260. The Hall–Kier alpha value is -1.03. The first kappa shape index (κ1) is 13.0. The van der Waals surface area contributed by atoms with E-state index in [-0.39, 0.29) is 6.04 Å². The molecule has 3 aliphatic rings. The number of rotatable bonds is 3. The van der Waals surface area contributed by atoms with Crippen LogP contribution in [0.4, 0.5) is 0 Å². The lowest BCUT2D eigenvalue weighted by atomic mass is 9.94. The quantitative estimate of drug-likeness (QED) is 0.604. The van der Waals surface area contributed by atoms with Crippen LogP contribution in [-0.2, 0) is 4.74 Å². The standard InChI is InChI=1S/C13H19N3O2S/c1-2-3-8-18-13-12(16(17)19-14-13)11-5-4-10-6-7-15(11)9-10/h10-11,14,17H,4-9H2,1H3. The van der Waals surface area contributed by atoms with Crippen LogP contribution in [0.15, 0.2) is 11.6 Å². The molecule has 3 heterocycles. The van der Waals surface area contributed by atoms with E-state index in [1.165, 1.54) is 17.3 Å². The molecule has 19 heavy (non-hydrogen) atoms. The molecule has 2 N–H and O–H groups in total. The Morgan fingerprint density at radius 3 is 3.21 bits per heavy atom. The first-order valence-corrected chi connectivity index (χ1v) is 7.49. The summed E-state index contributed by atoms with van der Waals surface area (Å²) in [4.78, 5) is 2.45. The van der Waals surface area contributed by atoms with Gasteiger partial charge < -0.3 is 4.74 Å². The number of hydrogen-bond donors (Lipinski definition) is 2. The normalized spacial score (nSPS) is 32.9. The molecule has 0 radical (unpaired) electrons. The molecule has 3 unspecified atom stereocenters. The van der Waals surface area contributed by atoms with Crippen molar-refractivity contribution < 1.29 is 9.94 Å². The minimum Gasteiger partial charge on any atom is -0.464 e. The van der Waals surface area contributed by atoms with Gasteiger partial charge in [0.2, 0.25) is 5.88 Å². The molecule has 0 spiro atoms. The van der Waals surface area contributed by atoms with Gasteiger partial charge in [-0.2, -0.15) is 4.47 Å². The summed E-state index contributed by atoms with van der Waals surface area (Å²) >= 11 is 1.16. The molecular formula is C13H19N3O2S. The number of fused-ring (bicyclic) bond motifs is 2. The van der Waals surface area contributed by atoms with Crippen molar-refractivity contribution in [3.8, 4) is 11.8 Å². The van der Waals surface area contributed by atoms with Gasteiger partial charge in [-0.25, -0.2) is 0 Å². The third kappa shape index (κ3) is 2.50. The smallest absolute Gasteiger partial charge is 0.224 e. The summed E-state index contributed by atoms with van der Waals surface area (Å²) in [5, 5.41) is 10.0. The monoisotopic (exact) mass is 281 g/mol. The van der Waals surface area contributed by atoms with Crippen LogP contribution in [0.25, 0.3) is 0 Å². The Balaban J connectivity index is 1.77. The number of nitrogens with one attached hydrogen (secondary N) is 1. The van der Waals surface area contributed by atoms with E-state index in [2.05, 4.69) is 21.5 Å². The Morgan fingerprint density at radius 2 is 2.37 bits per heavy atom. The van der Waals surface area contributed by atoms with Gasteiger partial charge in [-0.3, -0.25) is 14.8 Å². The average Bonchev–Trinajstić information content (AvgIpc) is 2.97. The van der Waals surface area contributed by atoms with E-state index >= 15 is 0 Å². The van der Waals surface area contributed by atoms with Gasteiger partial charge in [-0.05, 0) is 38.6 Å². The lowest BCUT2D eigenvalue weighted by molar-refractivity contribution is 0.0255. The number of ether oxygens (including phenoxy) is 1. The molecule has 0 saturated carbocycles. The third-order valence-corrected chi connectivity index (χ3v) is 4.70. The summed E-state index contributed by atoms with van der Waals surface area (Å²) in [6.07, 6.45) is 3.62. The maximum absolute atomic E-state index is 10.0. The van der Waals surface area contributed by atoms with E-state index in [1.807, 2.05) is 0 Å². The maximum Gasteiger partial charge on any atom is 0.224 e. The number of hydrogen-bond acceptors (Lipinski definition) is 6. The molecule has 3 aliphatic heterocycles. The average molecular weight is 281 g/mol. The van der Waals surface area contributed by atoms with Gasteiger partial charge in [-0.15, -0.1) is 5.92 Å². The van der Waals surface area contributed by atoms with Crippen molar-refractivity contribution in [2.45, 2.75) is 32.2 Å². The second kappa shape index (κ2) is 5.53. The van der Waals surface area contributed by atoms with E-state index in [4.69, 9.17) is 4.74 Å². The zero-order valence-electron chi connectivity index (χ0n) is 11.1. The molecule has 0 aliphatic carbocycles. The highest BCUT2D eigenvalue weighted by Gasteiger charge is 2.41. The molecule has 2 fully saturated rings. The molecule has 6 heteroatoms. The molecule has 0 aromatic heterocycles. The highest BCUT2D eigenvalue weighted by atomic mass is 32.2. The fraction of sp³-hybridized carbons (Fsp3) is 0.692. The Labute approximate surface area is 118 Å². The van der Waals surface area contributed by atoms with E-state index in [9.17, 15) is 5.21 Å². The topological polar surface area (TPSA) is 48.0 Å². The van der Waals surface area contributed by atoms with Crippen LogP contribution < -0.4 is 4.72 Å². The van der Waals surface area contributed by atoms with Crippen molar-refractivity contribution in [2.24, 2.45) is 5.92 Å². The molecule has 2 saturated heterocycles. The van der Waals surface area contributed by atoms with Crippen molar-refractivity contribution in [3.05, 3.63) is 11.6 Å². The molecule has 2 bridgehead atoms. The van der Waals surface area contributed by atoms with Gasteiger partial charge in [0.1, 0.15) is 5.70 Å². The second-order valence-electron chi connectivity index (χ2n) is 5.14. The molecule has 104 valence electrons. The van der Waals surface area contributed by atoms with Crippen LogP contribution in [0.2, 0.25) is 0 Å². The Morgan fingerprint density at radius 1 is 1.47 bits per heavy atom. The molecular weight excluding hydrogens is 262 g/mol. The predicted octanol–water partition coefficient (Wildman–Crippen LogP) is 1.54. The first-order valence-electron chi connectivity index (χ1n) is 6.72. The summed E-state index contributed by atoms with van der Waals surface area (Å²) in [5.74, 6) is 7.19. The molecule has 0 amide bonds. The van der Waals surface area contributed by atoms with Crippen molar-refractivity contribution in [1.29, 1.82) is 0 Å². The molecule has 3 atom stereocenters. The summed E-state index contributed by atoms with van der Waals surface area (Å²) in [6, 6.07) is 0.260. The van der Waals surface area contributed by atoms with Gasteiger partial charge >= 0.3 is 0 Å². The van der Waals surface area contributed by atoms with Gasteiger partial charge in [0, 0.05) is 6.54 Å². The summed E-state index contributed by atoms with van der Waals surface area (Å²) < 4.78 is 9.86. The van der Waals surface area contributed by atoms with E-state index < -0.39 is 0 Å². The van der Waals surface area contributed by atoms with Crippen molar-refractivity contribution in [1.82, 2.24) is 14.1 Å². The van der Waals surface area contributed by atoms with Gasteiger partial charge in [-0.1, -0.05) is 5.92 Å². The van der Waals surface area contributed by atoms with Crippen LogP contribution in [0, 0.1) is 17.8 Å². The van der Waals surface area contributed by atoms with E-state index in [0.29, 0.717) is 12.5 Å². The minimum absolute atomic E-state index is 0.260. The largest absolute Gasteiger partial charge is 0.464 e.